The van der Waals surface area contributed by atoms with E-state index in [4.69, 9.17) is 10.5 Å². The number of rotatable bonds is 0. The Kier molecular flexibility index (Phi) is 0.990. The number of hydrogen-bond acceptors (Lipinski definition) is 4. The van der Waals surface area contributed by atoms with Crippen LogP contribution < -0.4 is 11.1 Å². The second-order valence-corrected chi connectivity index (χ2v) is 2.46. The van der Waals surface area contributed by atoms with Gasteiger partial charge in [0.2, 0.25) is 0 Å². The third kappa shape index (κ3) is 0.769. The van der Waals surface area contributed by atoms with Gasteiger partial charge < -0.3 is 15.8 Å². The quantitative estimate of drug-likeness (QED) is 0.446. The zero-order chi connectivity index (χ0) is 7.14. The number of fused-ring (bicyclic) bond motifs is 1. The standard InChI is InChI=1S/C6H9N3O/c1-3-2-8-5-6(10-5)9-4(3)7/h2,5-6,8H,1H3,(H2,7,9). The van der Waals surface area contributed by atoms with Crippen LogP contribution in [-0.2, 0) is 4.74 Å². The van der Waals surface area contributed by atoms with Crippen molar-refractivity contribution < 1.29 is 4.74 Å². The number of hydrogen-bond donors (Lipinski definition) is 2. The summed E-state index contributed by atoms with van der Waals surface area (Å²) in [6, 6.07) is 0. The van der Waals surface area contributed by atoms with E-state index in [9.17, 15) is 0 Å². The summed E-state index contributed by atoms with van der Waals surface area (Å²) in [5, 5.41) is 3.02. The lowest BCUT2D eigenvalue weighted by Crippen LogP contribution is -2.14. The molecule has 0 aromatic carbocycles. The molecule has 0 amide bonds. The molecular formula is C6H9N3O. The van der Waals surface area contributed by atoms with Crippen LogP contribution in [0.4, 0.5) is 0 Å². The van der Waals surface area contributed by atoms with Gasteiger partial charge in [0.05, 0.1) is 0 Å². The molecule has 0 aliphatic carbocycles. The van der Waals surface area contributed by atoms with E-state index >= 15 is 0 Å². The molecule has 0 aromatic rings. The molecule has 0 aromatic heterocycles. The molecule has 2 rings (SSSR count). The molecule has 4 heteroatoms. The van der Waals surface area contributed by atoms with Crippen LogP contribution >= 0.6 is 0 Å². The smallest absolute Gasteiger partial charge is 0.197 e. The first-order valence-corrected chi connectivity index (χ1v) is 3.19. The van der Waals surface area contributed by atoms with Crippen molar-refractivity contribution in [2.45, 2.75) is 19.4 Å². The van der Waals surface area contributed by atoms with Crippen molar-refractivity contribution in [3.8, 4) is 0 Å². The number of amidine groups is 1. The van der Waals surface area contributed by atoms with E-state index in [0.717, 1.165) is 5.57 Å². The highest BCUT2D eigenvalue weighted by Crippen LogP contribution is 2.22. The summed E-state index contributed by atoms with van der Waals surface area (Å²) in [4.78, 5) is 4.07. The summed E-state index contributed by atoms with van der Waals surface area (Å²) >= 11 is 0. The van der Waals surface area contributed by atoms with Crippen molar-refractivity contribution in [3.63, 3.8) is 0 Å². The summed E-state index contributed by atoms with van der Waals surface area (Å²) in [6.07, 6.45) is 1.85. The first-order chi connectivity index (χ1) is 4.77. The lowest BCUT2D eigenvalue weighted by atomic mass is 10.3. The molecule has 2 aliphatic rings. The van der Waals surface area contributed by atoms with E-state index in [-0.39, 0.29) is 12.5 Å². The first kappa shape index (κ1) is 5.73. The fourth-order valence-electron chi connectivity index (χ4n) is 0.845. The van der Waals surface area contributed by atoms with Gasteiger partial charge >= 0.3 is 0 Å². The Morgan fingerprint density at radius 3 is 3.40 bits per heavy atom. The Morgan fingerprint density at radius 2 is 2.60 bits per heavy atom. The van der Waals surface area contributed by atoms with Crippen LogP contribution in [0.3, 0.4) is 0 Å². The molecule has 2 unspecified atom stereocenters. The van der Waals surface area contributed by atoms with Gasteiger partial charge in [-0.15, -0.1) is 0 Å². The summed E-state index contributed by atoms with van der Waals surface area (Å²) in [6.45, 7) is 1.91. The van der Waals surface area contributed by atoms with Crippen molar-refractivity contribution in [1.29, 1.82) is 0 Å². The molecule has 4 nitrogen and oxygen atoms in total. The summed E-state index contributed by atoms with van der Waals surface area (Å²) < 4.78 is 5.05. The maximum Gasteiger partial charge on any atom is 0.197 e. The molecular weight excluding hydrogens is 130 g/mol. The molecule has 2 heterocycles. The maximum atomic E-state index is 5.56. The van der Waals surface area contributed by atoms with Crippen LogP contribution in [0.25, 0.3) is 0 Å². The minimum atomic E-state index is -0.0475. The van der Waals surface area contributed by atoms with E-state index in [1.807, 2.05) is 13.1 Å². The monoisotopic (exact) mass is 139 g/mol. The largest absolute Gasteiger partial charge is 0.384 e. The lowest BCUT2D eigenvalue weighted by molar-refractivity contribution is 0.360. The fraction of sp³-hybridized carbons (Fsp3) is 0.500. The van der Waals surface area contributed by atoms with Crippen molar-refractivity contribution in [1.82, 2.24) is 5.32 Å². The molecule has 54 valence electrons. The molecule has 0 bridgehead atoms. The van der Waals surface area contributed by atoms with E-state index in [0.29, 0.717) is 5.84 Å². The van der Waals surface area contributed by atoms with Gasteiger partial charge in [0.25, 0.3) is 0 Å². The molecule has 0 saturated carbocycles. The molecule has 1 saturated heterocycles. The number of nitrogens with zero attached hydrogens (tertiary/aromatic N) is 1. The van der Waals surface area contributed by atoms with Crippen LogP contribution in [0, 0.1) is 0 Å². The van der Waals surface area contributed by atoms with Gasteiger partial charge in [-0.3, -0.25) is 0 Å². The van der Waals surface area contributed by atoms with E-state index < -0.39 is 0 Å². The molecule has 2 aliphatic heterocycles. The van der Waals surface area contributed by atoms with Crippen LogP contribution in [0.1, 0.15) is 6.92 Å². The van der Waals surface area contributed by atoms with Crippen LogP contribution in [0.5, 0.6) is 0 Å². The number of aliphatic imine (C=N–C) groups is 1. The molecule has 0 spiro atoms. The van der Waals surface area contributed by atoms with Crippen molar-refractivity contribution >= 4 is 5.84 Å². The molecule has 2 atom stereocenters. The van der Waals surface area contributed by atoms with Gasteiger partial charge in [0, 0.05) is 11.8 Å². The molecule has 10 heavy (non-hydrogen) atoms. The van der Waals surface area contributed by atoms with Gasteiger partial charge in [-0.05, 0) is 6.92 Å². The van der Waals surface area contributed by atoms with Crippen LogP contribution in [0.15, 0.2) is 16.8 Å². The number of ether oxygens (including phenoxy) is 1. The molecule has 1 fully saturated rings. The third-order valence-corrected chi connectivity index (χ3v) is 1.60. The fourth-order valence-corrected chi connectivity index (χ4v) is 0.845. The summed E-state index contributed by atoms with van der Waals surface area (Å²) in [5.41, 5.74) is 6.53. The molecule has 0 radical (unpaired) electrons. The highest BCUT2D eigenvalue weighted by molar-refractivity contribution is 5.96. The Hall–Kier alpha value is -1.03. The highest BCUT2D eigenvalue weighted by Gasteiger charge is 2.39. The second kappa shape index (κ2) is 1.73. The van der Waals surface area contributed by atoms with Gasteiger partial charge in [0.15, 0.2) is 12.5 Å². The normalized spacial score (nSPS) is 36.5. The SMILES string of the molecule is CC1=CNC2OC2N=C1N. The third-order valence-electron chi connectivity index (χ3n) is 1.60. The topological polar surface area (TPSA) is 62.9 Å². The highest BCUT2D eigenvalue weighted by atomic mass is 16.6. The van der Waals surface area contributed by atoms with Crippen molar-refractivity contribution in [2.75, 3.05) is 0 Å². The Labute approximate surface area is 58.8 Å². The van der Waals surface area contributed by atoms with Crippen molar-refractivity contribution in [2.24, 2.45) is 10.7 Å². The Morgan fingerprint density at radius 1 is 1.80 bits per heavy atom. The van der Waals surface area contributed by atoms with Gasteiger partial charge in [-0.25, -0.2) is 4.99 Å². The predicted molar refractivity (Wildman–Crippen MR) is 37.2 cm³/mol. The summed E-state index contributed by atoms with van der Waals surface area (Å²) in [5.74, 6) is 0.567. The summed E-state index contributed by atoms with van der Waals surface area (Å²) in [7, 11) is 0. The number of nitrogens with one attached hydrogen (secondary N) is 1. The lowest BCUT2D eigenvalue weighted by Gasteiger charge is -1.96. The van der Waals surface area contributed by atoms with Gasteiger partial charge in [-0.1, -0.05) is 0 Å². The van der Waals surface area contributed by atoms with E-state index in [1.165, 1.54) is 0 Å². The van der Waals surface area contributed by atoms with Gasteiger partial charge in [0.1, 0.15) is 5.84 Å². The number of nitrogens with two attached hydrogens (primary N) is 1. The zero-order valence-corrected chi connectivity index (χ0v) is 5.66. The van der Waals surface area contributed by atoms with Crippen LogP contribution in [-0.4, -0.2) is 18.3 Å². The minimum absolute atomic E-state index is 0.0475. The van der Waals surface area contributed by atoms with Crippen LogP contribution in [0.2, 0.25) is 0 Å². The van der Waals surface area contributed by atoms with E-state index in [2.05, 4.69) is 10.3 Å². The Bertz CT molecular complexity index is 221. The zero-order valence-electron chi connectivity index (χ0n) is 5.66. The Balaban J connectivity index is 2.25. The maximum absolute atomic E-state index is 5.56. The molecule has 3 N–H and O–H groups in total. The minimum Gasteiger partial charge on any atom is -0.384 e. The average Bonchev–Trinajstić information content (AvgIpc) is 2.61. The first-order valence-electron chi connectivity index (χ1n) is 3.19. The van der Waals surface area contributed by atoms with E-state index in [1.54, 1.807) is 0 Å². The predicted octanol–water partition coefficient (Wildman–Crippen LogP) is -0.467. The van der Waals surface area contributed by atoms with Crippen molar-refractivity contribution in [3.05, 3.63) is 11.8 Å². The second-order valence-electron chi connectivity index (χ2n) is 2.46. The van der Waals surface area contributed by atoms with Gasteiger partial charge in [-0.2, -0.15) is 0 Å². The number of epoxide rings is 1. The average molecular weight is 139 g/mol.